The number of rotatable bonds is 5. The van der Waals surface area contributed by atoms with E-state index in [1.165, 1.54) is 16.7 Å². The predicted molar refractivity (Wildman–Crippen MR) is 89.5 cm³/mol. The summed E-state index contributed by atoms with van der Waals surface area (Å²) in [5, 5.41) is 9.07. The van der Waals surface area contributed by atoms with Crippen LogP contribution in [0, 0.1) is 5.92 Å². The highest BCUT2D eigenvalue weighted by atomic mass is 32.2. The van der Waals surface area contributed by atoms with Crippen LogP contribution in [-0.4, -0.2) is 46.5 Å². The van der Waals surface area contributed by atoms with Crippen LogP contribution in [-0.2, 0) is 9.59 Å². The Balaban J connectivity index is 2.41. The lowest BCUT2D eigenvalue weighted by Crippen LogP contribution is -2.45. The van der Waals surface area contributed by atoms with E-state index in [1.54, 1.807) is 14.0 Å². The number of hydrogen-bond acceptors (Lipinski definition) is 5. The number of methoxy groups -OCH3 is 1. The van der Waals surface area contributed by atoms with Crippen LogP contribution in [0.15, 0.2) is 24.3 Å². The molecule has 1 aromatic rings. The normalized spacial score (nSPS) is 22.4. The molecule has 2 rings (SSSR count). The van der Waals surface area contributed by atoms with Gasteiger partial charge >= 0.3 is 5.97 Å². The van der Waals surface area contributed by atoms with Crippen molar-refractivity contribution in [3.05, 3.63) is 29.8 Å². The highest BCUT2D eigenvalue weighted by Crippen LogP contribution is 2.45. The van der Waals surface area contributed by atoms with Crippen LogP contribution in [0.25, 0.3) is 0 Å². The van der Waals surface area contributed by atoms with Gasteiger partial charge in [-0.3, -0.25) is 4.79 Å². The van der Waals surface area contributed by atoms with Gasteiger partial charge in [0.25, 0.3) is 0 Å². The van der Waals surface area contributed by atoms with Crippen LogP contribution in [0.5, 0.6) is 5.75 Å². The van der Waals surface area contributed by atoms with E-state index in [2.05, 4.69) is 12.6 Å². The van der Waals surface area contributed by atoms with Crippen molar-refractivity contribution in [2.75, 3.05) is 18.6 Å². The van der Waals surface area contributed by atoms with E-state index in [0.717, 1.165) is 5.56 Å². The highest BCUT2D eigenvalue weighted by Gasteiger charge is 2.44. The van der Waals surface area contributed by atoms with Crippen LogP contribution < -0.4 is 4.74 Å². The van der Waals surface area contributed by atoms with Crippen molar-refractivity contribution in [2.24, 2.45) is 5.92 Å². The molecule has 0 spiro atoms. The summed E-state index contributed by atoms with van der Waals surface area (Å²) in [4.78, 5) is 25.6. The molecule has 22 heavy (non-hydrogen) atoms. The molecule has 0 aliphatic carbocycles. The second-order valence-corrected chi connectivity index (χ2v) is 6.59. The molecule has 1 aliphatic rings. The molecule has 1 heterocycles. The van der Waals surface area contributed by atoms with Crippen LogP contribution in [0.3, 0.4) is 0 Å². The number of nitrogens with zero attached hydrogens (tertiary/aromatic N) is 1. The number of hydrogen-bond donors (Lipinski definition) is 2. The third-order valence-electron chi connectivity index (χ3n) is 3.64. The maximum absolute atomic E-state index is 12.6. The molecule has 120 valence electrons. The van der Waals surface area contributed by atoms with Gasteiger partial charge in [0.05, 0.1) is 7.11 Å². The smallest absolute Gasteiger partial charge is 0.327 e. The number of thiol groups is 1. The predicted octanol–water partition coefficient (Wildman–Crippen LogP) is 2.29. The molecule has 5 nitrogen and oxygen atoms in total. The fraction of sp³-hybridized carbons (Fsp3) is 0.467. The van der Waals surface area contributed by atoms with Crippen molar-refractivity contribution in [1.29, 1.82) is 0 Å². The second-order valence-electron chi connectivity index (χ2n) is 5.11. The van der Waals surface area contributed by atoms with Gasteiger partial charge in [0, 0.05) is 23.0 Å². The summed E-state index contributed by atoms with van der Waals surface area (Å²) in [5.41, 5.74) is 0.818. The zero-order valence-corrected chi connectivity index (χ0v) is 14.1. The maximum Gasteiger partial charge on any atom is 0.327 e. The number of para-hydroxylation sites is 1. The average molecular weight is 341 g/mol. The minimum Gasteiger partial charge on any atom is -0.496 e. The van der Waals surface area contributed by atoms with Gasteiger partial charge in [-0.2, -0.15) is 12.6 Å². The van der Waals surface area contributed by atoms with E-state index < -0.39 is 12.0 Å². The summed E-state index contributed by atoms with van der Waals surface area (Å²) in [6.45, 7) is 1.76. The zero-order chi connectivity index (χ0) is 16.3. The van der Waals surface area contributed by atoms with Gasteiger partial charge in [0.1, 0.15) is 17.2 Å². The van der Waals surface area contributed by atoms with Crippen molar-refractivity contribution >= 4 is 36.3 Å². The number of carbonyl (C=O) groups excluding carboxylic acids is 1. The monoisotopic (exact) mass is 341 g/mol. The van der Waals surface area contributed by atoms with Gasteiger partial charge in [0.15, 0.2) is 0 Å². The van der Waals surface area contributed by atoms with Gasteiger partial charge in [-0.15, -0.1) is 11.8 Å². The molecule has 3 atom stereocenters. The largest absolute Gasteiger partial charge is 0.496 e. The number of carbonyl (C=O) groups is 2. The fourth-order valence-electron chi connectivity index (χ4n) is 2.41. The standard InChI is InChI=1S/C15H19NO4S2/c1-9(7-21)13(17)16-11(15(18)19)8-22-14(16)10-5-3-4-6-12(10)20-2/h3-6,9,11,14,21H,7-8H2,1-2H3,(H,18,19)/t9?,11-,14?/m0/s1. The quantitative estimate of drug-likeness (QED) is 0.805. The molecule has 1 aromatic carbocycles. The average Bonchev–Trinajstić information content (AvgIpc) is 2.98. The van der Waals surface area contributed by atoms with Gasteiger partial charge < -0.3 is 14.7 Å². The summed E-state index contributed by atoms with van der Waals surface area (Å²) < 4.78 is 5.35. The molecular weight excluding hydrogens is 322 g/mol. The molecule has 0 radical (unpaired) electrons. The van der Waals surface area contributed by atoms with Gasteiger partial charge in [-0.25, -0.2) is 4.79 Å². The topological polar surface area (TPSA) is 66.8 Å². The molecule has 0 aromatic heterocycles. The third-order valence-corrected chi connectivity index (χ3v) is 5.49. The maximum atomic E-state index is 12.6. The van der Waals surface area contributed by atoms with Crippen molar-refractivity contribution < 1.29 is 19.4 Å². The Morgan fingerprint density at radius 1 is 1.50 bits per heavy atom. The first kappa shape index (κ1) is 17.0. The van der Waals surface area contributed by atoms with Crippen LogP contribution >= 0.6 is 24.4 Å². The number of thioether (sulfide) groups is 1. The lowest BCUT2D eigenvalue weighted by atomic mass is 10.1. The third kappa shape index (κ3) is 3.20. The minimum absolute atomic E-state index is 0.191. The van der Waals surface area contributed by atoms with Gasteiger partial charge in [-0.05, 0) is 6.07 Å². The summed E-state index contributed by atoms with van der Waals surface area (Å²) in [5.74, 6) is -0.106. The number of carboxylic acid groups (broad SMARTS) is 1. The lowest BCUT2D eigenvalue weighted by molar-refractivity contribution is -0.150. The number of carboxylic acids is 1. The Morgan fingerprint density at radius 3 is 2.77 bits per heavy atom. The van der Waals surface area contributed by atoms with Crippen LogP contribution in [0.2, 0.25) is 0 Å². The summed E-state index contributed by atoms with van der Waals surface area (Å²) >= 11 is 5.60. The lowest BCUT2D eigenvalue weighted by Gasteiger charge is -2.30. The fourth-order valence-corrected chi connectivity index (χ4v) is 4.02. The molecule has 1 fully saturated rings. The first-order valence-corrected chi connectivity index (χ1v) is 8.59. The SMILES string of the molecule is COc1ccccc1C1SC[C@@H](C(=O)O)N1C(=O)C(C)CS. The molecule has 2 unspecified atom stereocenters. The Bertz CT molecular complexity index is 566. The molecule has 1 N–H and O–H groups in total. The first-order valence-electron chi connectivity index (χ1n) is 6.91. The number of aliphatic carboxylic acids is 1. The molecule has 0 bridgehead atoms. The Hall–Kier alpha value is -1.34. The molecule has 0 saturated carbocycles. The second kappa shape index (κ2) is 7.28. The van der Waals surface area contributed by atoms with Crippen LogP contribution in [0.4, 0.5) is 0 Å². The highest BCUT2D eigenvalue weighted by molar-refractivity contribution is 7.99. The Labute approximate surface area is 139 Å². The van der Waals surface area contributed by atoms with Gasteiger partial charge in [-0.1, -0.05) is 25.1 Å². The van der Waals surface area contributed by atoms with Crippen LogP contribution in [0.1, 0.15) is 17.9 Å². The van der Waals surface area contributed by atoms with Crippen molar-refractivity contribution in [2.45, 2.75) is 18.3 Å². The summed E-state index contributed by atoms with van der Waals surface area (Å²) in [7, 11) is 1.57. The van der Waals surface area contributed by atoms with Gasteiger partial charge in [0.2, 0.25) is 5.91 Å². The molecule has 7 heteroatoms. The van der Waals surface area contributed by atoms with E-state index in [9.17, 15) is 14.7 Å². The number of ether oxygens (including phenoxy) is 1. The summed E-state index contributed by atoms with van der Waals surface area (Å²) in [6, 6.07) is 6.56. The Morgan fingerprint density at radius 2 is 2.18 bits per heavy atom. The van der Waals surface area contributed by atoms with Crippen molar-refractivity contribution in [3.8, 4) is 5.75 Å². The minimum atomic E-state index is -0.982. The molecular formula is C15H19NO4S2. The van der Waals surface area contributed by atoms with Crippen molar-refractivity contribution in [1.82, 2.24) is 4.90 Å². The molecule has 1 aliphatic heterocycles. The van der Waals surface area contributed by atoms with E-state index in [1.807, 2.05) is 24.3 Å². The number of amides is 1. The van der Waals surface area contributed by atoms with E-state index >= 15 is 0 Å². The first-order chi connectivity index (χ1) is 10.5. The van der Waals surface area contributed by atoms with E-state index in [4.69, 9.17) is 4.74 Å². The van der Waals surface area contributed by atoms with E-state index in [0.29, 0.717) is 17.3 Å². The Kier molecular flexibility index (Phi) is 5.63. The zero-order valence-electron chi connectivity index (χ0n) is 12.4. The summed E-state index contributed by atoms with van der Waals surface area (Å²) in [6.07, 6.45) is 0. The molecule has 1 saturated heterocycles. The number of benzene rings is 1. The van der Waals surface area contributed by atoms with Crippen molar-refractivity contribution in [3.63, 3.8) is 0 Å². The molecule has 1 amide bonds. The van der Waals surface area contributed by atoms with E-state index in [-0.39, 0.29) is 17.2 Å².